The monoisotopic (exact) mass is 418 g/mol. The van der Waals surface area contributed by atoms with Gasteiger partial charge in [-0.05, 0) is 44.2 Å². The van der Waals surface area contributed by atoms with Gasteiger partial charge in [-0.2, -0.15) is 0 Å². The van der Waals surface area contributed by atoms with Gasteiger partial charge in [0.05, 0.1) is 19.8 Å². The fraction of sp³-hybridized carbons (Fsp3) is 0.522. The number of carbonyl (C=O) groups excluding carboxylic acids is 3. The van der Waals surface area contributed by atoms with Crippen LogP contribution in [0.2, 0.25) is 0 Å². The van der Waals surface area contributed by atoms with Gasteiger partial charge < -0.3 is 20.5 Å². The highest BCUT2D eigenvalue weighted by Crippen LogP contribution is 2.08. The quantitative estimate of drug-likeness (QED) is 0.259. The summed E-state index contributed by atoms with van der Waals surface area (Å²) in [6.45, 7) is 3.32. The second-order valence-electron chi connectivity index (χ2n) is 7.46. The van der Waals surface area contributed by atoms with Crippen LogP contribution in [0.3, 0.4) is 0 Å². The number of hydrogen-bond donors (Lipinski definition) is 3. The maximum Gasteiger partial charge on any atom is 0.305 e. The number of hydrogen-bond acceptors (Lipinski definition) is 5. The van der Waals surface area contributed by atoms with Gasteiger partial charge in [-0.3, -0.25) is 14.4 Å². The molecule has 0 saturated carbocycles. The molecule has 7 heteroatoms. The van der Waals surface area contributed by atoms with Crippen LogP contribution in [0.5, 0.6) is 0 Å². The molecule has 0 aliphatic carbocycles. The first-order chi connectivity index (χ1) is 14.4. The van der Waals surface area contributed by atoms with Crippen molar-refractivity contribution in [3.63, 3.8) is 0 Å². The third kappa shape index (κ3) is 10.2. The first-order valence-corrected chi connectivity index (χ1v) is 10.4. The Morgan fingerprint density at radius 3 is 2.20 bits per heavy atom. The topological polar surface area (TPSA) is 105 Å². The van der Waals surface area contributed by atoms with Gasteiger partial charge in [0, 0.05) is 12.8 Å². The largest absolute Gasteiger partial charge is 0.469 e. The number of aliphatic hydroxyl groups excluding tert-OH is 1. The Labute approximate surface area is 178 Å². The van der Waals surface area contributed by atoms with E-state index in [1.807, 2.05) is 30.3 Å². The lowest BCUT2D eigenvalue weighted by molar-refractivity contribution is -0.140. The standard InChI is InChI=1S/C23H34N2O5/c1-17(2)22(25-20(27)13-9-4-5-10-14-21(28)30-3)23(29)24-19(16-26)15-18-11-7-6-8-12-18/h6-8,11-12,19,26H,4-5,9-10,13-16H2,1-3H3,(H,24,29)(H,25,27). The van der Waals surface area contributed by atoms with E-state index in [0.29, 0.717) is 31.3 Å². The molecule has 0 spiro atoms. The molecule has 0 aliphatic heterocycles. The molecule has 30 heavy (non-hydrogen) atoms. The minimum absolute atomic E-state index is 0.198. The van der Waals surface area contributed by atoms with Crippen molar-refractivity contribution in [1.29, 1.82) is 0 Å². The molecule has 0 bridgehead atoms. The minimum atomic E-state index is -0.444. The summed E-state index contributed by atoms with van der Waals surface area (Å²) in [4.78, 5) is 36.0. The highest BCUT2D eigenvalue weighted by molar-refractivity contribution is 5.98. The highest BCUT2D eigenvalue weighted by atomic mass is 16.5. The van der Waals surface area contributed by atoms with E-state index in [2.05, 4.69) is 15.4 Å². The number of ether oxygens (including phenoxy) is 1. The van der Waals surface area contributed by atoms with Gasteiger partial charge in [0.25, 0.3) is 5.91 Å². The molecule has 1 aromatic rings. The number of rotatable bonds is 13. The molecule has 0 aromatic heterocycles. The van der Waals surface area contributed by atoms with Crippen molar-refractivity contribution in [3.8, 4) is 0 Å². The van der Waals surface area contributed by atoms with Crippen molar-refractivity contribution in [2.24, 2.45) is 0 Å². The minimum Gasteiger partial charge on any atom is -0.469 e. The fourth-order valence-electron chi connectivity index (χ4n) is 2.94. The van der Waals surface area contributed by atoms with Gasteiger partial charge in [-0.25, -0.2) is 0 Å². The molecule has 1 atom stereocenters. The molecule has 166 valence electrons. The summed E-state index contributed by atoms with van der Waals surface area (Å²) in [5.74, 6) is -0.852. The van der Waals surface area contributed by atoms with Gasteiger partial charge in [0.2, 0.25) is 5.91 Å². The molecule has 0 heterocycles. The Morgan fingerprint density at radius 2 is 1.63 bits per heavy atom. The predicted molar refractivity (Wildman–Crippen MR) is 115 cm³/mol. The summed E-state index contributed by atoms with van der Waals surface area (Å²) in [5.41, 5.74) is 1.92. The van der Waals surface area contributed by atoms with Crippen LogP contribution < -0.4 is 10.6 Å². The molecule has 0 saturated heterocycles. The van der Waals surface area contributed by atoms with E-state index < -0.39 is 11.9 Å². The SMILES string of the molecule is COC(=O)CCCCCCC(=O)NC(C(=O)NC(CO)Cc1ccccc1)=C(C)C. The van der Waals surface area contributed by atoms with E-state index >= 15 is 0 Å². The zero-order chi connectivity index (χ0) is 22.4. The first-order valence-electron chi connectivity index (χ1n) is 10.4. The van der Waals surface area contributed by atoms with Crippen LogP contribution in [0.1, 0.15) is 57.9 Å². The number of unbranched alkanes of at least 4 members (excludes halogenated alkanes) is 3. The number of methoxy groups -OCH3 is 1. The van der Waals surface area contributed by atoms with Crippen LogP contribution in [0.4, 0.5) is 0 Å². The summed E-state index contributed by atoms with van der Waals surface area (Å²) in [6, 6.07) is 9.14. The van der Waals surface area contributed by atoms with Crippen molar-refractivity contribution < 1.29 is 24.2 Å². The summed E-state index contributed by atoms with van der Waals surface area (Å²) >= 11 is 0. The van der Waals surface area contributed by atoms with Crippen LogP contribution in [0.25, 0.3) is 0 Å². The Bertz CT molecular complexity index is 712. The number of allylic oxidation sites excluding steroid dienone is 1. The van der Waals surface area contributed by atoms with Crippen molar-refractivity contribution in [1.82, 2.24) is 10.6 Å². The summed E-state index contributed by atoms with van der Waals surface area (Å²) in [7, 11) is 1.37. The molecule has 0 radical (unpaired) electrons. The lowest BCUT2D eigenvalue weighted by atomic mass is 10.1. The molecule has 0 aliphatic rings. The Hall–Kier alpha value is -2.67. The van der Waals surface area contributed by atoms with Crippen LogP contribution in [-0.4, -0.2) is 42.6 Å². The molecule has 1 unspecified atom stereocenters. The van der Waals surface area contributed by atoms with Crippen LogP contribution in [0, 0.1) is 0 Å². The van der Waals surface area contributed by atoms with Gasteiger partial charge in [0.1, 0.15) is 5.70 Å². The van der Waals surface area contributed by atoms with E-state index in [1.165, 1.54) is 7.11 Å². The lowest BCUT2D eigenvalue weighted by Crippen LogP contribution is -2.43. The summed E-state index contributed by atoms with van der Waals surface area (Å²) in [6.07, 6.45) is 4.27. The van der Waals surface area contributed by atoms with E-state index in [1.54, 1.807) is 13.8 Å². The first kappa shape index (κ1) is 25.4. The zero-order valence-corrected chi connectivity index (χ0v) is 18.2. The van der Waals surface area contributed by atoms with Crippen LogP contribution >= 0.6 is 0 Å². The Kier molecular flexibility index (Phi) is 12.1. The molecule has 0 fully saturated rings. The van der Waals surface area contributed by atoms with E-state index in [9.17, 15) is 19.5 Å². The fourth-order valence-corrected chi connectivity index (χ4v) is 2.94. The second-order valence-corrected chi connectivity index (χ2v) is 7.46. The summed E-state index contributed by atoms with van der Waals surface area (Å²) in [5, 5.41) is 15.1. The highest BCUT2D eigenvalue weighted by Gasteiger charge is 2.18. The molecule has 1 rings (SSSR count). The van der Waals surface area contributed by atoms with Crippen molar-refractivity contribution in [2.45, 2.75) is 64.8 Å². The molecule has 2 amide bonds. The van der Waals surface area contributed by atoms with Crippen molar-refractivity contribution >= 4 is 17.8 Å². The summed E-state index contributed by atoms with van der Waals surface area (Å²) < 4.78 is 4.59. The molecule has 7 nitrogen and oxygen atoms in total. The average Bonchev–Trinajstić information content (AvgIpc) is 2.74. The maximum absolute atomic E-state index is 12.6. The van der Waals surface area contributed by atoms with E-state index in [4.69, 9.17) is 0 Å². The number of carbonyl (C=O) groups is 3. The third-order valence-electron chi connectivity index (χ3n) is 4.63. The van der Waals surface area contributed by atoms with Crippen molar-refractivity contribution in [2.75, 3.05) is 13.7 Å². The van der Waals surface area contributed by atoms with E-state index in [-0.39, 0.29) is 24.2 Å². The number of nitrogens with one attached hydrogen (secondary N) is 2. The van der Waals surface area contributed by atoms with Gasteiger partial charge in [-0.1, -0.05) is 43.2 Å². The maximum atomic E-state index is 12.6. The van der Waals surface area contributed by atoms with Crippen molar-refractivity contribution in [3.05, 3.63) is 47.2 Å². The molecular weight excluding hydrogens is 384 g/mol. The van der Waals surface area contributed by atoms with Gasteiger partial charge in [-0.15, -0.1) is 0 Å². The van der Waals surface area contributed by atoms with Gasteiger partial charge in [0.15, 0.2) is 0 Å². The van der Waals surface area contributed by atoms with Crippen LogP contribution in [0.15, 0.2) is 41.6 Å². The Morgan fingerprint density at radius 1 is 1.00 bits per heavy atom. The molecule has 1 aromatic carbocycles. The number of esters is 1. The number of amides is 2. The second kappa shape index (κ2) is 14.3. The third-order valence-corrected chi connectivity index (χ3v) is 4.63. The smallest absolute Gasteiger partial charge is 0.305 e. The number of aliphatic hydroxyl groups is 1. The zero-order valence-electron chi connectivity index (χ0n) is 18.2. The predicted octanol–water partition coefficient (Wildman–Crippen LogP) is 2.63. The molecule has 3 N–H and O–H groups in total. The molecular formula is C23H34N2O5. The average molecular weight is 419 g/mol. The van der Waals surface area contributed by atoms with E-state index in [0.717, 1.165) is 24.8 Å². The van der Waals surface area contributed by atoms with Crippen LogP contribution in [-0.2, 0) is 25.5 Å². The Balaban J connectivity index is 2.46. The number of benzene rings is 1. The van der Waals surface area contributed by atoms with Gasteiger partial charge >= 0.3 is 5.97 Å². The normalized spacial score (nSPS) is 11.3. The lowest BCUT2D eigenvalue weighted by Gasteiger charge is -2.19.